The molecule has 3 N–H and O–H groups in total. The number of carboxylic acid groups (broad SMARTS) is 1. The molecule has 254 valence electrons. The van der Waals surface area contributed by atoms with Crippen molar-refractivity contribution in [2.75, 3.05) is 57.8 Å². The first-order valence-corrected chi connectivity index (χ1v) is 16.1. The molecule has 1 aromatic heterocycles. The van der Waals surface area contributed by atoms with Crippen LogP contribution in [-0.4, -0.2) is 119 Å². The lowest BCUT2D eigenvalue weighted by Crippen LogP contribution is -2.56. The normalized spacial score (nSPS) is 16.7. The Hall–Kier alpha value is -5.40. The third-order valence-corrected chi connectivity index (χ3v) is 8.32. The highest BCUT2D eigenvalue weighted by atomic mass is 16.6. The molecule has 2 aliphatic heterocycles. The molecular weight excluding hydrogens is 620 g/mol. The minimum absolute atomic E-state index is 0.0512. The fourth-order valence-corrected chi connectivity index (χ4v) is 5.79. The summed E-state index contributed by atoms with van der Waals surface area (Å²) < 4.78 is 11.0. The van der Waals surface area contributed by atoms with E-state index in [-0.39, 0.29) is 75.6 Å². The van der Waals surface area contributed by atoms with Crippen LogP contribution < -0.4 is 15.4 Å². The number of pyridine rings is 1. The van der Waals surface area contributed by atoms with Gasteiger partial charge in [0, 0.05) is 68.9 Å². The third kappa shape index (κ3) is 8.69. The summed E-state index contributed by atoms with van der Waals surface area (Å²) in [6, 6.07) is 17.2. The zero-order valence-electron chi connectivity index (χ0n) is 26.8. The van der Waals surface area contributed by atoms with Crippen molar-refractivity contribution in [3.05, 3.63) is 66.4 Å². The second-order valence-corrected chi connectivity index (χ2v) is 11.6. The Morgan fingerprint density at radius 2 is 1.65 bits per heavy atom. The number of benzene rings is 2. The van der Waals surface area contributed by atoms with Crippen molar-refractivity contribution in [3.63, 3.8) is 0 Å². The maximum absolute atomic E-state index is 13.5. The number of fused-ring (bicyclic) bond motifs is 1. The lowest BCUT2D eigenvalue weighted by Gasteiger charge is -2.35. The van der Waals surface area contributed by atoms with Gasteiger partial charge in [-0.2, -0.15) is 0 Å². The van der Waals surface area contributed by atoms with Crippen LogP contribution >= 0.6 is 0 Å². The highest BCUT2D eigenvalue weighted by Crippen LogP contribution is 2.26. The van der Waals surface area contributed by atoms with Crippen molar-refractivity contribution in [1.82, 2.24) is 25.0 Å². The number of piperazine rings is 1. The number of hydrogen-bond donors (Lipinski definition) is 3. The van der Waals surface area contributed by atoms with E-state index >= 15 is 0 Å². The Morgan fingerprint density at radius 3 is 2.38 bits per heavy atom. The summed E-state index contributed by atoms with van der Waals surface area (Å²) in [4.78, 5) is 72.8. The Labute approximate surface area is 278 Å². The molecule has 0 radical (unpaired) electrons. The number of aliphatic carboxylic acids is 1. The highest BCUT2D eigenvalue weighted by molar-refractivity contribution is 5.99. The number of likely N-dealkylation sites (tertiary alicyclic amines) is 1. The SMILES string of the molecule is CCOC(=O)N1CCN(C(=O)C(CCC(=O)O)NC(=O)c2cc(OCC(=O)N3CCC(Nc4ccccc4)C3)c3ccccc3n2)CC1. The molecule has 2 saturated heterocycles. The van der Waals surface area contributed by atoms with Gasteiger partial charge in [-0.15, -0.1) is 0 Å². The monoisotopic (exact) mass is 660 g/mol. The number of para-hydroxylation sites is 2. The molecule has 0 aliphatic carbocycles. The first kappa shape index (κ1) is 33.9. The third-order valence-electron chi connectivity index (χ3n) is 8.32. The van der Waals surface area contributed by atoms with Crippen molar-refractivity contribution < 1.29 is 38.6 Å². The molecule has 4 amide bonds. The van der Waals surface area contributed by atoms with Crippen LogP contribution in [0.2, 0.25) is 0 Å². The Bertz CT molecular complexity index is 1630. The summed E-state index contributed by atoms with van der Waals surface area (Å²) >= 11 is 0. The molecule has 0 bridgehead atoms. The number of carbonyl (C=O) groups excluding carboxylic acids is 4. The number of amides is 4. The van der Waals surface area contributed by atoms with Crippen LogP contribution in [0, 0.1) is 0 Å². The van der Waals surface area contributed by atoms with E-state index in [1.165, 1.54) is 15.9 Å². The van der Waals surface area contributed by atoms with Crippen molar-refractivity contribution in [2.24, 2.45) is 0 Å². The van der Waals surface area contributed by atoms with E-state index in [4.69, 9.17) is 9.47 Å². The number of carbonyl (C=O) groups is 5. The van der Waals surface area contributed by atoms with E-state index in [1.54, 1.807) is 36.1 Å². The Balaban J connectivity index is 1.25. The molecule has 2 unspecified atom stereocenters. The minimum Gasteiger partial charge on any atom is -0.483 e. The molecule has 3 heterocycles. The Kier molecular flexibility index (Phi) is 11.3. The van der Waals surface area contributed by atoms with Gasteiger partial charge in [0.2, 0.25) is 5.91 Å². The number of aromatic nitrogens is 1. The van der Waals surface area contributed by atoms with Gasteiger partial charge in [-0.3, -0.25) is 19.2 Å². The second-order valence-electron chi connectivity index (χ2n) is 11.6. The molecular formula is C34H40N6O8. The van der Waals surface area contributed by atoms with Crippen LogP contribution in [0.25, 0.3) is 10.9 Å². The molecule has 2 fully saturated rings. The molecule has 2 atom stereocenters. The maximum atomic E-state index is 13.5. The van der Waals surface area contributed by atoms with Crippen LogP contribution in [0.4, 0.5) is 10.5 Å². The molecule has 14 heteroatoms. The summed E-state index contributed by atoms with van der Waals surface area (Å²) in [6.07, 6.45) is -0.155. The second kappa shape index (κ2) is 15.9. The zero-order chi connectivity index (χ0) is 34.0. The molecule has 2 aliphatic rings. The van der Waals surface area contributed by atoms with E-state index in [2.05, 4.69) is 15.6 Å². The van der Waals surface area contributed by atoms with E-state index in [0.29, 0.717) is 24.0 Å². The quantitative estimate of drug-likeness (QED) is 0.262. The summed E-state index contributed by atoms with van der Waals surface area (Å²) in [5.74, 6) is -2.18. The van der Waals surface area contributed by atoms with Gasteiger partial charge in [0.1, 0.15) is 17.5 Å². The predicted molar refractivity (Wildman–Crippen MR) is 176 cm³/mol. The van der Waals surface area contributed by atoms with Gasteiger partial charge in [-0.25, -0.2) is 9.78 Å². The molecule has 0 spiro atoms. The van der Waals surface area contributed by atoms with Crippen molar-refractivity contribution >= 4 is 46.4 Å². The van der Waals surface area contributed by atoms with Crippen molar-refractivity contribution in [1.29, 1.82) is 0 Å². The van der Waals surface area contributed by atoms with Gasteiger partial charge in [-0.1, -0.05) is 30.3 Å². The maximum Gasteiger partial charge on any atom is 0.409 e. The summed E-state index contributed by atoms with van der Waals surface area (Å²) in [6.45, 7) is 3.72. The topological polar surface area (TPSA) is 171 Å². The van der Waals surface area contributed by atoms with E-state index < -0.39 is 29.9 Å². The first-order chi connectivity index (χ1) is 23.2. The number of nitrogens with one attached hydrogen (secondary N) is 2. The lowest BCUT2D eigenvalue weighted by atomic mass is 10.1. The fourth-order valence-electron chi connectivity index (χ4n) is 5.79. The van der Waals surface area contributed by atoms with Gasteiger partial charge in [0.25, 0.3) is 11.8 Å². The van der Waals surface area contributed by atoms with Crippen molar-refractivity contribution in [2.45, 2.75) is 38.3 Å². The number of carboxylic acids is 1. The van der Waals surface area contributed by atoms with Gasteiger partial charge in [0.15, 0.2) is 6.61 Å². The van der Waals surface area contributed by atoms with E-state index in [9.17, 15) is 29.1 Å². The largest absolute Gasteiger partial charge is 0.483 e. The number of nitrogens with zero attached hydrogens (tertiary/aromatic N) is 4. The van der Waals surface area contributed by atoms with Gasteiger partial charge >= 0.3 is 12.1 Å². The van der Waals surface area contributed by atoms with E-state index in [1.807, 2.05) is 30.3 Å². The van der Waals surface area contributed by atoms with Crippen LogP contribution in [0.5, 0.6) is 5.75 Å². The van der Waals surface area contributed by atoms with Crippen LogP contribution in [0.3, 0.4) is 0 Å². The molecule has 0 saturated carbocycles. The molecule has 2 aromatic carbocycles. The summed E-state index contributed by atoms with van der Waals surface area (Å²) in [7, 11) is 0. The van der Waals surface area contributed by atoms with Crippen molar-refractivity contribution in [3.8, 4) is 5.75 Å². The summed E-state index contributed by atoms with van der Waals surface area (Å²) in [5, 5.41) is 16.0. The Morgan fingerprint density at radius 1 is 0.938 bits per heavy atom. The van der Waals surface area contributed by atoms with Gasteiger partial charge in [-0.05, 0) is 44.0 Å². The smallest absolute Gasteiger partial charge is 0.409 e. The average Bonchev–Trinajstić information content (AvgIpc) is 3.57. The molecule has 14 nitrogen and oxygen atoms in total. The number of ether oxygens (including phenoxy) is 2. The number of hydrogen-bond acceptors (Lipinski definition) is 9. The number of anilines is 1. The minimum atomic E-state index is -1.14. The van der Waals surface area contributed by atoms with Gasteiger partial charge in [0.05, 0.1) is 12.1 Å². The van der Waals surface area contributed by atoms with Crippen LogP contribution in [-0.2, 0) is 19.1 Å². The average molecular weight is 661 g/mol. The highest BCUT2D eigenvalue weighted by Gasteiger charge is 2.32. The molecule has 5 rings (SSSR count). The fraction of sp³-hybridized carbons (Fsp3) is 0.412. The lowest BCUT2D eigenvalue weighted by molar-refractivity contribution is -0.138. The summed E-state index contributed by atoms with van der Waals surface area (Å²) in [5.41, 5.74) is 1.39. The van der Waals surface area contributed by atoms with E-state index in [0.717, 1.165) is 12.1 Å². The predicted octanol–water partition coefficient (Wildman–Crippen LogP) is 2.59. The zero-order valence-corrected chi connectivity index (χ0v) is 26.8. The van der Waals surface area contributed by atoms with Crippen LogP contribution in [0.1, 0.15) is 36.7 Å². The standard InChI is InChI=1S/C34H40N6O8/c1-2-47-34(46)39-18-16-38(17-19-39)33(45)27(12-13-31(42)43)37-32(44)28-20-29(25-10-6-7-11-26(25)36-28)48-22-30(41)40-15-14-24(21-40)35-23-8-4-3-5-9-23/h3-11,20,24,27,35H,2,12-19,21-22H2,1H3,(H,37,44)(H,42,43). The molecule has 48 heavy (non-hydrogen) atoms. The molecule has 3 aromatic rings. The first-order valence-electron chi connectivity index (χ1n) is 16.1. The van der Waals surface area contributed by atoms with Crippen LogP contribution in [0.15, 0.2) is 60.7 Å². The number of rotatable bonds is 12. The van der Waals surface area contributed by atoms with Gasteiger partial charge < -0.3 is 39.9 Å².